The van der Waals surface area contributed by atoms with E-state index in [1.807, 2.05) is 24.3 Å². The highest BCUT2D eigenvalue weighted by Gasteiger charge is 2.29. The molecule has 0 bridgehead atoms. The van der Waals surface area contributed by atoms with Crippen LogP contribution in [0.4, 0.5) is 14.7 Å². The van der Waals surface area contributed by atoms with Crippen molar-refractivity contribution in [3.05, 3.63) is 95.6 Å². The van der Waals surface area contributed by atoms with Gasteiger partial charge in [-0.1, -0.05) is 36.4 Å². The van der Waals surface area contributed by atoms with Gasteiger partial charge in [-0.15, -0.1) is 0 Å². The molecule has 9 heteroatoms. The maximum atomic E-state index is 13.4. The van der Waals surface area contributed by atoms with Crippen molar-refractivity contribution >= 4 is 27.0 Å². The molecule has 0 atom stereocenters. The summed E-state index contributed by atoms with van der Waals surface area (Å²) in [5.74, 6) is -0.0621. The molecule has 1 saturated heterocycles. The number of fused-ring (bicyclic) bond motifs is 1. The lowest BCUT2D eigenvalue weighted by molar-refractivity contribution is 0.381. The predicted octanol–water partition coefficient (Wildman–Crippen LogP) is 4.01. The van der Waals surface area contributed by atoms with Gasteiger partial charge in [0.25, 0.3) is 0 Å². The van der Waals surface area contributed by atoms with Crippen LogP contribution in [0.3, 0.4) is 0 Å². The molecule has 34 heavy (non-hydrogen) atoms. The average molecular weight is 483 g/mol. The second kappa shape index (κ2) is 9.15. The van der Waals surface area contributed by atoms with Crippen molar-refractivity contribution in [3.8, 4) is 0 Å². The van der Waals surface area contributed by atoms with Gasteiger partial charge in [0.15, 0.2) is 0 Å². The van der Waals surface area contributed by atoms with Gasteiger partial charge in [0.2, 0.25) is 16.0 Å². The molecule has 0 spiro atoms. The van der Waals surface area contributed by atoms with E-state index < -0.39 is 15.8 Å². The largest absolute Gasteiger partial charge is 0.340 e. The number of hydrogen-bond donors (Lipinski definition) is 0. The molecule has 0 N–H and O–H groups in total. The van der Waals surface area contributed by atoms with Crippen molar-refractivity contribution in [1.29, 1.82) is 0 Å². The summed E-state index contributed by atoms with van der Waals surface area (Å²) in [5, 5.41) is 0. The monoisotopic (exact) mass is 482 g/mol. The fourth-order valence-electron chi connectivity index (χ4n) is 4.28. The number of hydrogen-bond acceptors (Lipinski definition) is 4. The number of para-hydroxylation sites is 2. The van der Waals surface area contributed by atoms with Crippen molar-refractivity contribution < 1.29 is 17.2 Å². The first-order chi connectivity index (χ1) is 16.4. The number of benzene rings is 3. The lowest BCUT2D eigenvalue weighted by atomic mass is 10.2. The molecule has 0 amide bonds. The lowest BCUT2D eigenvalue weighted by Gasteiger charge is -2.35. The van der Waals surface area contributed by atoms with Gasteiger partial charge in [-0.05, 0) is 47.5 Å². The molecule has 0 saturated carbocycles. The van der Waals surface area contributed by atoms with E-state index in [0.717, 1.165) is 22.5 Å². The fourth-order valence-corrected chi connectivity index (χ4v) is 5.80. The molecule has 1 aliphatic rings. The van der Waals surface area contributed by atoms with Crippen molar-refractivity contribution in [2.45, 2.75) is 12.3 Å². The summed E-state index contributed by atoms with van der Waals surface area (Å²) in [4.78, 5) is 6.92. The van der Waals surface area contributed by atoms with Crippen LogP contribution in [0.1, 0.15) is 11.1 Å². The number of aromatic nitrogens is 2. The van der Waals surface area contributed by atoms with Gasteiger partial charge >= 0.3 is 0 Å². The van der Waals surface area contributed by atoms with Crippen LogP contribution in [0.2, 0.25) is 0 Å². The van der Waals surface area contributed by atoms with E-state index >= 15 is 0 Å². The van der Waals surface area contributed by atoms with E-state index in [-0.39, 0.29) is 11.6 Å². The number of anilines is 1. The first kappa shape index (κ1) is 22.5. The summed E-state index contributed by atoms with van der Waals surface area (Å²) < 4.78 is 56.0. The summed E-state index contributed by atoms with van der Waals surface area (Å²) in [7, 11) is -3.52. The van der Waals surface area contributed by atoms with Crippen LogP contribution in [0, 0.1) is 11.6 Å². The van der Waals surface area contributed by atoms with E-state index in [9.17, 15) is 17.2 Å². The normalized spacial score (nSPS) is 15.2. The first-order valence-electron chi connectivity index (χ1n) is 11.1. The van der Waals surface area contributed by atoms with Crippen LogP contribution in [-0.4, -0.2) is 48.5 Å². The Hall–Kier alpha value is -3.30. The quantitative estimate of drug-likeness (QED) is 0.417. The van der Waals surface area contributed by atoms with Crippen LogP contribution >= 0.6 is 0 Å². The van der Waals surface area contributed by atoms with Crippen LogP contribution in [-0.2, 0) is 22.3 Å². The molecule has 1 aliphatic heterocycles. The molecular formula is C25H24F2N4O2S. The second-order valence-electron chi connectivity index (χ2n) is 8.38. The molecule has 176 valence electrons. The Morgan fingerprint density at radius 1 is 0.765 bits per heavy atom. The van der Waals surface area contributed by atoms with E-state index in [1.54, 1.807) is 12.1 Å². The van der Waals surface area contributed by atoms with Crippen molar-refractivity contribution in [3.63, 3.8) is 0 Å². The Kier molecular flexibility index (Phi) is 6.05. The smallest absolute Gasteiger partial charge is 0.218 e. The zero-order chi connectivity index (χ0) is 23.7. The number of piperazine rings is 1. The highest BCUT2D eigenvalue weighted by Crippen LogP contribution is 2.26. The number of sulfonamides is 1. The maximum absolute atomic E-state index is 13.4. The van der Waals surface area contributed by atoms with E-state index in [4.69, 9.17) is 4.98 Å². The summed E-state index contributed by atoms with van der Waals surface area (Å²) >= 11 is 0. The Bertz CT molecular complexity index is 1400. The zero-order valence-electron chi connectivity index (χ0n) is 18.4. The third kappa shape index (κ3) is 4.67. The van der Waals surface area contributed by atoms with Crippen molar-refractivity contribution in [2.75, 3.05) is 31.1 Å². The Morgan fingerprint density at radius 2 is 1.35 bits per heavy atom. The van der Waals surface area contributed by atoms with Gasteiger partial charge in [-0.25, -0.2) is 22.2 Å². The standard InChI is InChI=1S/C25H24F2N4O2S/c26-21-9-5-19(6-10-21)17-31-24-4-2-1-3-23(24)28-25(31)29-13-15-30(16-14-29)34(32,33)18-20-7-11-22(27)12-8-20/h1-12H,13-18H2. The molecule has 0 unspecified atom stereocenters. The number of nitrogens with zero attached hydrogens (tertiary/aromatic N) is 4. The highest BCUT2D eigenvalue weighted by atomic mass is 32.2. The molecule has 3 aromatic carbocycles. The van der Waals surface area contributed by atoms with Gasteiger partial charge in [0.1, 0.15) is 11.6 Å². The van der Waals surface area contributed by atoms with Gasteiger partial charge in [0, 0.05) is 26.2 Å². The Labute approximate surface area is 197 Å². The van der Waals surface area contributed by atoms with Crippen LogP contribution in [0.25, 0.3) is 11.0 Å². The average Bonchev–Trinajstić information content (AvgIpc) is 3.20. The molecule has 6 nitrogen and oxygen atoms in total. The summed E-state index contributed by atoms with van der Waals surface area (Å²) in [6.07, 6.45) is 0. The lowest BCUT2D eigenvalue weighted by Crippen LogP contribution is -2.49. The van der Waals surface area contributed by atoms with E-state index in [1.165, 1.54) is 40.7 Å². The minimum atomic E-state index is -3.52. The van der Waals surface area contributed by atoms with E-state index in [2.05, 4.69) is 9.47 Å². The zero-order valence-corrected chi connectivity index (χ0v) is 19.3. The molecule has 1 fully saturated rings. The van der Waals surface area contributed by atoms with Crippen LogP contribution in [0.5, 0.6) is 0 Å². The summed E-state index contributed by atoms with van der Waals surface area (Å²) in [5.41, 5.74) is 3.33. The predicted molar refractivity (Wildman–Crippen MR) is 128 cm³/mol. The third-order valence-electron chi connectivity index (χ3n) is 6.07. The second-order valence-corrected chi connectivity index (χ2v) is 10.4. The Balaban J connectivity index is 1.35. The van der Waals surface area contributed by atoms with E-state index in [0.29, 0.717) is 38.3 Å². The van der Waals surface area contributed by atoms with Crippen LogP contribution in [0.15, 0.2) is 72.8 Å². The SMILES string of the molecule is O=S(=O)(Cc1ccc(F)cc1)N1CCN(c2nc3ccccc3n2Cc2ccc(F)cc2)CC1. The molecule has 1 aromatic heterocycles. The van der Waals surface area contributed by atoms with Gasteiger partial charge in [-0.3, -0.25) is 0 Å². The molecule has 0 radical (unpaired) electrons. The molecule has 0 aliphatic carbocycles. The van der Waals surface area contributed by atoms with Crippen molar-refractivity contribution in [1.82, 2.24) is 13.9 Å². The maximum Gasteiger partial charge on any atom is 0.218 e. The summed E-state index contributed by atoms with van der Waals surface area (Å²) in [6.45, 7) is 2.19. The molecule has 4 aromatic rings. The van der Waals surface area contributed by atoms with Crippen molar-refractivity contribution in [2.24, 2.45) is 0 Å². The first-order valence-corrected chi connectivity index (χ1v) is 12.7. The number of halogens is 2. The number of rotatable bonds is 6. The minimum Gasteiger partial charge on any atom is -0.340 e. The number of imidazole rings is 1. The summed E-state index contributed by atoms with van der Waals surface area (Å²) in [6, 6.07) is 19.8. The van der Waals surface area contributed by atoms with Gasteiger partial charge < -0.3 is 9.47 Å². The molecule has 5 rings (SSSR count). The topological polar surface area (TPSA) is 58.4 Å². The highest BCUT2D eigenvalue weighted by molar-refractivity contribution is 7.88. The minimum absolute atomic E-state index is 0.156. The fraction of sp³-hybridized carbons (Fsp3) is 0.240. The molecule has 2 heterocycles. The Morgan fingerprint density at radius 3 is 2.00 bits per heavy atom. The van der Waals surface area contributed by atoms with Gasteiger partial charge in [-0.2, -0.15) is 4.31 Å². The third-order valence-corrected chi connectivity index (χ3v) is 7.92. The molecular weight excluding hydrogens is 458 g/mol. The van der Waals surface area contributed by atoms with Gasteiger partial charge in [0.05, 0.1) is 23.3 Å². The van der Waals surface area contributed by atoms with Crippen LogP contribution < -0.4 is 4.90 Å².